The second-order valence-corrected chi connectivity index (χ2v) is 8.81. The molecule has 3 amide bonds. The van der Waals surface area contributed by atoms with Gasteiger partial charge in [0.15, 0.2) is 6.61 Å². The van der Waals surface area contributed by atoms with E-state index in [4.69, 9.17) is 4.74 Å². The average Bonchev–Trinajstić information content (AvgIpc) is 3.52. The topological polar surface area (TPSA) is 96.0 Å². The molecule has 0 radical (unpaired) electrons. The number of hydrogen-bond acceptors (Lipinski definition) is 6. The van der Waals surface area contributed by atoms with E-state index in [1.165, 1.54) is 12.8 Å². The highest BCUT2D eigenvalue weighted by Crippen LogP contribution is 2.25. The van der Waals surface area contributed by atoms with Crippen molar-refractivity contribution in [1.29, 1.82) is 0 Å². The minimum atomic E-state index is -0.668. The fourth-order valence-corrected chi connectivity index (χ4v) is 4.50. The van der Waals surface area contributed by atoms with Crippen molar-refractivity contribution in [2.45, 2.75) is 19.4 Å². The smallest absolute Gasteiger partial charge is 0.338 e. The first-order chi connectivity index (χ1) is 17.5. The molecule has 2 heterocycles. The van der Waals surface area contributed by atoms with E-state index < -0.39 is 18.5 Å². The lowest BCUT2D eigenvalue weighted by Crippen LogP contribution is -2.29. The second kappa shape index (κ2) is 10.0. The Balaban J connectivity index is 1.15. The van der Waals surface area contributed by atoms with E-state index in [0.717, 1.165) is 23.7 Å². The zero-order valence-corrected chi connectivity index (χ0v) is 19.6. The molecule has 2 aliphatic heterocycles. The van der Waals surface area contributed by atoms with Crippen LogP contribution in [-0.2, 0) is 16.1 Å². The molecule has 1 N–H and O–H groups in total. The molecule has 8 heteroatoms. The molecule has 0 aliphatic carbocycles. The molecule has 3 aromatic rings. The maximum Gasteiger partial charge on any atom is 0.338 e. The number of hydrogen-bond donors (Lipinski definition) is 1. The largest absolute Gasteiger partial charge is 0.452 e. The molecule has 0 aromatic heterocycles. The van der Waals surface area contributed by atoms with Gasteiger partial charge in [-0.2, -0.15) is 0 Å². The summed E-state index contributed by atoms with van der Waals surface area (Å²) in [4.78, 5) is 53.5. The molecule has 1 fully saturated rings. The lowest BCUT2D eigenvalue weighted by Gasteiger charge is -2.17. The average molecular weight is 484 g/mol. The Labute approximate surface area is 208 Å². The van der Waals surface area contributed by atoms with Gasteiger partial charge in [-0.3, -0.25) is 19.3 Å². The summed E-state index contributed by atoms with van der Waals surface area (Å²) in [5.74, 6) is -1.85. The van der Waals surface area contributed by atoms with Gasteiger partial charge in [0.05, 0.1) is 23.2 Å². The SMILES string of the molecule is O=C(COC(=O)c1cccc(CN2C(=O)c3ccccc3C2=O)c1)Nc1ccc(N2CCCC2)cc1. The van der Waals surface area contributed by atoms with Gasteiger partial charge in [-0.1, -0.05) is 24.3 Å². The fourth-order valence-electron chi connectivity index (χ4n) is 4.50. The summed E-state index contributed by atoms with van der Waals surface area (Å²) >= 11 is 0. The fraction of sp³-hybridized carbons (Fsp3) is 0.214. The van der Waals surface area contributed by atoms with E-state index in [0.29, 0.717) is 22.4 Å². The number of anilines is 2. The number of nitrogens with one attached hydrogen (secondary N) is 1. The van der Waals surface area contributed by atoms with Gasteiger partial charge in [0, 0.05) is 24.5 Å². The number of nitrogens with zero attached hydrogens (tertiary/aromatic N) is 2. The highest BCUT2D eigenvalue weighted by atomic mass is 16.5. The number of rotatable bonds is 7. The van der Waals surface area contributed by atoms with Crippen molar-refractivity contribution in [1.82, 2.24) is 4.90 Å². The van der Waals surface area contributed by atoms with Crippen molar-refractivity contribution in [2.24, 2.45) is 0 Å². The van der Waals surface area contributed by atoms with Crippen molar-refractivity contribution < 1.29 is 23.9 Å². The van der Waals surface area contributed by atoms with Crippen LogP contribution in [0.1, 0.15) is 49.5 Å². The lowest BCUT2D eigenvalue weighted by molar-refractivity contribution is -0.119. The number of amides is 3. The molecule has 0 bridgehead atoms. The molecular weight excluding hydrogens is 458 g/mol. The predicted octanol–water partition coefficient (Wildman–Crippen LogP) is 3.88. The number of imide groups is 1. The van der Waals surface area contributed by atoms with E-state index in [1.807, 2.05) is 24.3 Å². The molecule has 0 spiro atoms. The number of ether oxygens (including phenoxy) is 1. The summed E-state index contributed by atoms with van der Waals surface area (Å²) in [5.41, 5.74) is 3.32. The van der Waals surface area contributed by atoms with Gasteiger partial charge in [0.1, 0.15) is 0 Å². The summed E-state index contributed by atoms with van der Waals surface area (Å²) in [7, 11) is 0. The highest BCUT2D eigenvalue weighted by Gasteiger charge is 2.35. The van der Waals surface area contributed by atoms with Crippen LogP contribution in [0.25, 0.3) is 0 Å². The Hall–Kier alpha value is -4.46. The Bertz CT molecular complexity index is 1290. The van der Waals surface area contributed by atoms with Crippen LogP contribution in [0, 0.1) is 0 Å². The van der Waals surface area contributed by atoms with Crippen molar-refractivity contribution in [2.75, 3.05) is 29.9 Å². The third-order valence-corrected chi connectivity index (χ3v) is 6.34. The van der Waals surface area contributed by atoms with Crippen LogP contribution in [0.3, 0.4) is 0 Å². The first-order valence-electron chi connectivity index (χ1n) is 11.9. The van der Waals surface area contributed by atoms with Crippen LogP contribution in [0.4, 0.5) is 11.4 Å². The monoisotopic (exact) mass is 483 g/mol. The molecule has 1 saturated heterocycles. The van der Waals surface area contributed by atoms with Gasteiger partial charge in [0.2, 0.25) is 0 Å². The third kappa shape index (κ3) is 4.84. The van der Waals surface area contributed by atoms with Gasteiger partial charge in [-0.25, -0.2) is 4.79 Å². The molecule has 3 aromatic carbocycles. The third-order valence-electron chi connectivity index (χ3n) is 6.34. The number of benzene rings is 3. The van der Waals surface area contributed by atoms with Crippen molar-refractivity contribution in [3.63, 3.8) is 0 Å². The standard InChI is InChI=1S/C28H25N3O5/c32-25(29-21-10-12-22(13-11-21)30-14-3-4-15-30)18-36-28(35)20-7-5-6-19(16-20)17-31-26(33)23-8-1-2-9-24(23)27(31)34/h1-2,5-13,16H,3-4,14-15,17-18H2,(H,29,32). The zero-order chi connectivity index (χ0) is 25.1. The molecule has 0 saturated carbocycles. The van der Waals surface area contributed by atoms with E-state index in [-0.39, 0.29) is 23.9 Å². The Morgan fingerprint density at radius 3 is 2.17 bits per heavy atom. The van der Waals surface area contributed by atoms with Gasteiger partial charge in [0.25, 0.3) is 17.7 Å². The summed E-state index contributed by atoms with van der Waals surface area (Å²) in [6.07, 6.45) is 2.38. The molecule has 36 heavy (non-hydrogen) atoms. The number of carbonyl (C=O) groups is 4. The summed E-state index contributed by atoms with van der Waals surface area (Å²) < 4.78 is 5.18. The van der Waals surface area contributed by atoms with Crippen molar-refractivity contribution in [3.8, 4) is 0 Å². The van der Waals surface area contributed by atoms with Gasteiger partial charge >= 0.3 is 5.97 Å². The quantitative estimate of drug-likeness (QED) is 0.405. The minimum Gasteiger partial charge on any atom is -0.452 e. The van der Waals surface area contributed by atoms with Crippen molar-refractivity contribution in [3.05, 3.63) is 95.1 Å². The minimum absolute atomic E-state index is 0.0291. The molecule has 8 nitrogen and oxygen atoms in total. The molecule has 2 aliphatic rings. The van der Waals surface area contributed by atoms with E-state index in [9.17, 15) is 19.2 Å². The van der Waals surface area contributed by atoms with Crippen molar-refractivity contribution >= 4 is 35.1 Å². The normalized spacial score (nSPS) is 14.7. The van der Waals surface area contributed by atoms with E-state index >= 15 is 0 Å². The maximum atomic E-state index is 12.6. The Morgan fingerprint density at radius 1 is 0.833 bits per heavy atom. The molecular formula is C28H25N3O5. The number of esters is 1. The van der Waals surface area contributed by atoms with Gasteiger partial charge in [-0.15, -0.1) is 0 Å². The van der Waals surface area contributed by atoms with Gasteiger partial charge in [-0.05, 0) is 66.9 Å². The molecule has 5 rings (SSSR count). The number of fused-ring (bicyclic) bond motifs is 1. The van der Waals surface area contributed by atoms with Crippen LogP contribution in [-0.4, -0.2) is 48.3 Å². The molecule has 0 atom stereocenters. The predicted molar refractivity (Wildman–Crippen MR) is 134 cm³/mol. The van der Waals surface area contributed by atoms with Crippen LogP contribution < -0.4 is 10.2 Å². The maximum absolute atomic E-state index is 12.6. The first-order valence-corrected chi connectivity index (χ1v) is 11.9. The zero-order valence-electron chi connectivity index (χ0n) is 19.6. The van der Waals surface area contributed by atoms with E-state index in [1.54, 1.807) is 48.5 Å². The van der Waals surface area contributed by atoms with Gasteiger partial charge < -0.3 is 15.0 Å². The van der Waals surface area contributed by atoms with Crippen LogP contribution in [0.5, 0.6) is 0 Å². The van der Waals surface area contributed by atoms with Crippen LogP contribution >= 0.6 is 0 Å². The first kappa shape index (κ1) is 23.3. The summed E-state index contributed by atoms with van der Waals surface area (Å²) in [6, 6.07) is 20.7. The number of carbonyl (C=O) groups excluding carboxylic acids is 4. The summed E-state index contributed by atoms with van der Waals surface area (Å²) in [6.45, 7) is 1.68. The summed E-state index contributed by atoms with van der Waals surface area (Å²) in [5, 5.41) is 2.73. The Morgan fingerprint density at radius 2 is 1.50 bits per heavy atom. The highest BCUT2D eigenvalue weighted by molar-refractivity contribution is 6.21. The van der Waals surface area contributed by atoms with Crippen LogP contribution in [0.15, 0.2) is 72.8 Å². The molecule has 182 valence electrons. The Kier molecular flexibility index (Phi) is 6.49. The van der Waals surface area contributed by atoms with E-state index in [2.05, 4.69) is 10.2 Å². The molecule has 0 unspecified atom stereocenters. The second-order valence-electron chi connectivity index (χ2n) is 8.81. The lowest BCUT2D eigenvalue weighted by atomic mass is 10.1. The van der Waals surface area contributed by atoms with Crippen LogP contribution in [0.2, 0.25) is 0 Å².